The minimum Gasteiger partial charge on any atom is -0.545 e. The van der Waals surface area contributed by atoms with Gasteiger partial charge in [0.25, 0.3) is 0 Å². The highest BCUT2D eigenvalue weighted by molar-refractivity contribution is 6.70. The van der Waals surface area contributed by atoms with Crippen LogP contribution in [0.4, 0.5) is 0 Å². The molecule has 0 saturated carbocycles. The number of rotatable bonds is 3. The summed E-state index contributed by atoms with van der Waals surface area (Å²) in [5.41, 5.74) is 0. The third-order valence-electron chi connectivity index (χ3n) is 2.04. The normalized spacial score (nSPS) is 18.8. The molecule has 0 radical (unpaired) electrons. The van der Waals surface area contributed by atoms with Gasteiger partial charge >= 0.3 is 0 Å². The Kier molecular flexibility index (Phi) is 3.42. The van der Waals surface area contributed by atoms with Gasteiger partial charge in [-0.25, -0.2) is 0 Å². The molecule has 1 aliphatic rings. The van der Waals surface area contributed by atoms with Crippen LogP contribution in [-0.4, -0.2) is 15.4 Å². The van der Waals surface area contributed by atoms with Gasteiger partial charge in [0.1, 0.15) is 11.5 Å². The molecule has 0 N–H and O–H groups in total. The molecule has 0 aromatic heterocycles. The van der Waals surface area contributed by atoms with E-state index in [1.54, 1.807) is 7.11 Å². The summed E-state index contributed by atoms with van der Waals surface area (Å²) in [5.74, 6) is 2.20. The lowest BCUT2D eigenvalue weighted by molar-refractivity contribution is 0.224. The molecule has 0 heterocycles. The Balaban J connectivity index is 2.68. The number of methoxy groups -OCH3 is 1. The molecule has 1 aliphatic carbocycles. The highest BCUT2D eigenvalue weighted by Gasteiger charge is 2.22. The van der Waals surface area contributed by atoms with Crippen molar-refractivity contribution in [3.05, 3.63) is 11.5 Å². The molecule has 3 heteroatoms. The van der Waals surface area contributed by atoms with Crippen LogP contribution in [0.2, 0.25) is 19.6 Å². The molecule has 0 unspecified atom stereocenters. The number of hydrogen-bond donors (Lipinski definition) is 0. The molecular formula is C10H20O2Si. The lowest BCUT2D eigenvalue weighted by Gasteiger charge is -2.26. The highest BCUT2D eigenvalue weighted by atomic mass is 28.4. The maximum absolute atomic E-state index is 5.98. The first-order valence-corrected chi connectivity index (χ1v) is 8.39. The summed E-state index contributed by atoms with van der Waals surface area (Å²) in [7, 11) is 0.304. The lowest BCUT2D eigenvalue weighted by Crippen LogP contribution is -2.26. The van der Waals surface area contributed by atoms with Crippen LogP contribution in [-0.2, 0) is 9.16 Å². The van der Waals surface area contributed by atoms with Crippen molar-refractivity contribution in [1.82, 2.24) is 0 Å². The molecule has 0 amide bonds. The van der Waals surface area contributed by atoms with Gasteiger partial charge in [-0.2, -0.15) is 0 Å². The topological polar surface area (TPSA) is 18.5 Å². The van der Waals surface area contributed by atoms with Crippen LogP contribution in [0.25, 0.3) is 0 Å². The highest BCUT2D eigenvalue weighted by Crippen LogP contribution is 2.28. The van der Waals surface area contributed by atoms with E-state index in [9.17, 15) is 0 Å². The van der Waals surface area contributed by atoms with Crippen LogP contribution in [0.5, 0.6) is 0 Å². The summed E-state index contributed by atoms with van der Waals surface area (Å²) in [6, 6.07) is 0. The Morgan fingerprint density at radius 3 is 2.00 bits per heavy atom. The average molecular weight is 200 g/mol. The molecule has 0 bridgehead atoms. The average Bonchev–Trinajstić information content (AvgIpc) is 2.02. The van der Waals surface area contributed by atoms with Crippen molar-refractivity contribution in [2.45, 2.75) is 45.3 Å². The first-order valence-electron chi connectivity index (χ1n) is 4.98. The molecule has 0 fully saturated rings. The molecule has 0 aromatic rings. The van der Waals surface area contributed by atoms with Crippen LogP contribution >= 0.6 is 0 Å². The summed E-state index contributed by atoms with van der Waals surface area (Å²) < 4.78 is 11.3. The predicted molar refractivity (Wildman–Crippen MR) is 56.9 cm³/mol. The third-order valence-corrected chi connectivity index (χ3v) is 2.90. The molecule has 0 spiro atoms. The maximum Gasteiger partial charge on any atom is 0.241 e. The second kappa shape index (κ2) is 4.18. The number of allylic oxidation sites excluding steroid dienone is 2. The Bertz CT molecular complexity index is 203. The van der Waals surface area contributed by atoms with E-state index in [-0.39, 0.29) is 0 Å². The minimum atomic E-state index is -1.44. The summed E-state index contributed by atoms with van der Waals surface area (Å²) in [6.07, 6.45) is 4.60. The van der Waals surface area contributed by atoms with Gasteiger partial charge in [-0.3, -0.25) is 0 Å². The maximum atomic E-state index is 5.98. The Morgan fingerprint density at radius 1 is 1.00 bits per heavy atom. The van der Waals surface area contributed by atoms with E-state index < -0.39 is 8.32 Å². The van der Waals surface area contributed by atoms with Gasteiger partial charge < -0.3 is 9.16 Å². The third kappa shape index (κ3) is 3.42. The van der Waals surface area contributed by atoms with E-state index >= 15 is 0 Å². The summed E-state index contributed by atoms with van der Waals surface area (Å²) in [6.45, 7) is 6.63. The first kappa shape index (κ1) is 10.6. The van der Waals surface area contributed by atoms with E-state index in [0.717, 1.165) is 24.4 Å². The largest absolute Gasteiger partial charge is 0.545 e. The monoisotopic (exact) mass is 200 g/mol. The van der Waals surface area contributed by atoms with Crippen molar-refractivity contribution in [2.75, 3.05) is 7.11 Å². The second-order valence-corrected chi connectivity index (χ2v) is 8.90. The van der Waals surface area contributed by atoms with Gasteiger partial charge in [-0.1, -0.05) is 0 Å². The van der Waals surface area contributed by atoms with Crippen molar-refractivity contribution < 1.29 is 9.16 Å². The van der Waals surface area contributed by atoms with Gasteiger partial charge in [0.05, 0.1) is 7.11 Å². The van der Waals surface area contributed by atoms with Crippen LogP contribution in [0.1, 0.15) is 25.7 Å². The van der Waals surface area contributed by atoms with Crippen molar-refractivity contribution in [1.29, 1.82) is 0 Å². The fraction of sp³-hybridized carbons (Fsp3) is 0.800. The molecule has 0 aromatic carbocycles. The van der Waals surface area contributed by atoms with Gasteiger partial charge in [0.15, 0.2) is 0 Å². The predicted octanol–water partition coefficient (Wildman–Crippen LogP) is 3.27. The Hall–Kier alpha value is -0.443. The fourth-order valence-corrected chi connectivity index (χ4v) is 2.50. The number of ether oxygens (including phenoxy) is 1. The van der Waals surface area contributed by atoms with Crippen molar-refractivity contribution in [3.8, 4) is 0 Å². The second-order valence-electron chi connectivity index (χ2n) is 4.47. The molecule has 0 saturated heterocycles. The van der Waals surface area contributed by atoms with Gasteiger partial charge in [0.2, 0.25) is 8.32 Å². The molecular weight excluding hydrogens is 180 g/mol. The summed E-state index contributed by atoms with van der Waals surface area (Å²) in [5, 5.41) is 0. The zero-order valence-electron chi connectivity index (χ0n) is 9.14. The van der Waals surface area contributed by atoms with E-state index in [2.05, 4.69) is 19.6 Å². The standard InChI is InChI=1S/C10H20O2Si/c1-11-9-7-5-6-8-10(9)12-13(2,3)4/h5-8H2,1-4H3. The molecule has 0 aliphatic heterocycles. The Labute approximate surface area is 82.1 Å². The SMILES string of the molecule is COC1=C(O[Si](C)(C)C)CCCC1. The fourth-order valence-electron chi connectivity index (χ4n) is 1.54. The summed E-state index contributed by atoms with van der Waals surface area (Å²) >= 11 is 0. The van der Waals surface area contributed by atoms with Crippen molar-refractivity contribution >= 4 is 8.32 Å². The molecule has 0 atom stereocenters. The zero-order valence-corrected chi connectivity index (χ0v) is 10.1. The van der Waals surface area contributed by atoms with Gasteiger partial charge in [-0.05, 0) is 32.5 Å². The summed E-state index contributed by atoms with van der Waals surface area (Å²) in [4.78, 5) is 0. The smallest absolute Gasteiger partial charge is 0.241 e. The first-order chi connectivity index (χ1) is 6.03. The quantitative estimate of drug-likeness (QED) is 0.651. The molecule has 13 heavy (non-hydrogen) atoms. The van der Waals surface area contributed by atoms with E-state index in [4.69, 9.17) is 9.16 Å². The number of hydrogen-bond acceptors (Lipinski definition) is 2. The van der Waals surface area contributed by atoms with Gasteiger partial charge in [-0.15, -0.1) is 0 Å². The molecule has 1 rings (SSSR count). The van der Waals surface area contributed by atoms with E-state index in [0.29, 0.717) is 0 Å². The van der Waals surface area contributed by atoms with Crippen molar-refractivity contribution in [2.24, 2.45) is 0 Å². The van der Waals surface area contributed by atoms with Crippen LogP contribution < -0.4 is 0 Å². The van der Waals surface area contributed by atoms with Gasteiger partial charge in [0, 0.05) is 12.8 Å². The van der Waals surface area contributed by atoms with Crippen molar-refractivity contribution in [3.63, 3.8) is 0 Å². The van der Waals surface area contributed by atoms with E-state index in [1.807, 2.05) is 0 Å². The molecule has 2 nitrogen and oxygen atoms in total. The zero-order chi connectivity index (χ0) is 9.90. The lowest BCUT2D eigenvalue weighted by atomic mass is 10.0. The molecule has 76 valence electrons. The van der Waals surface area contributed by atoms with Crippen LogP contribution in [0, 0.1) is 0 Å². The Morgan fingerprint density at radius 2 is 1.54 bits per heavy atom. The van der Waals surface area contributed by atoms with Crippen LogP contribution in [0.3, 0.4) is 0 Å². The van der Waals surface area contributed by atoms with E-state index in [1.165, 1.54) is 12.8 Å². The van der Waals surface area contributed by atoms with Crippen LogP contribution in [0.15, 0.2) is 11.5 Å². The minimum absolute atomic E-state index is 1.05.